The minimum atomic E-state index is -0.178. The number of aromatic nitrogens is 1. The Morgan fingerprint density at radius 1 is 1.59 bits per heavy atom. The van der Waals surface area contributed by atoms with Crippen molar-refractivity contribution in [1.29, 1.82) is 5.26 Å². The van der Waals surface area contributed by atoms with E-state index in [1.54, 1.807) is 12.1 Å². The zero-order valence-corrected chi connectivity index (χ0v) is 9.44. The van der Waals surface area contributed by atoms with Gasteiger partial charge in [0.25, 0.3) is 5.91 Å². The maximum absolute atomic E-state index is 11.8. The van der Waals surface area contributed by atoms with Gasteiger partial charge < -0.3 is 10.6 Å². The van der Waals surface area contributed by atoms with Gasteiger partial charge in [0.1, 0.15) is 11.8 Å². The van der Waals surface area contributed by atoms with Crippen LogP contribution >= 0.6 is 0 Å². The number of carbonyl (C=O) groups excluding carboxylic acids is 1. The highest BCUT2D eigenvalue weighted by atomic mass is 16.1. The first-order valence-corrected chi connectivity index (χ1v) is 5.67. The third-order valence-corrected chi connectivity index (χ3v) is 2.76. The molecule has 88 valence electrons. The first kappa shape index (κ1) is 11.6. The lowest BCUT2D eigenvalue weighted by Gasteiger charge is -2.23. The Bertz CT molecular complexity index is 429. The number of hydrogen-bond donors (Lipinski definition) is 2. The van der Waals surface area contributed by atoms with Crippen molar-refractivity contribution in [3.8, 4) is 6.07 Å². The molecule has 1 aliphatic rings. The summed E-state index contributed by atoms with van der Waals surface area (Å²) in [7, 11) is 0. The van der Waals surface area contributed by atoms with E-state index in [4.69, 9.17) is 5.26 Å². The van der Waals surface area contributed by atoms with Gasteiger partial charge in [-0.2, -0.15) is 5.26 Å². The lowest BCUT2D eigenvalue weighted by molar-refractivity contribution is 0.0925. The molecule has 2 heterocycles. The molecule has 0 aromatic carbocycles. The highest BCUT2D eigenvalue weighted by Crippen LogP contribution is 2.04. The summed E-state index contributed by atoms with van der Waals surface area (Å²) in [6.45, 7) is 1.82. The van der Waals surface area contributed by atoms with Gasteiger partial charge in [0.15, 0.2) is 0 Å². The summed E-state index contributed by atoms with van der Waals surface area (Å²) in [5, 5.41) is 14.8. The average Bonchev–Trinajstić information content (AvgIpc) is 2.40. The average molecular weight is 230 g/mol. The summed E-state index contributed by atoms with van der Waals surface area (Å²) in [6, 6.07) is 5.32. The molecule has 2 rings (SSSR count). The van der Waals surface area contributed by atoms with Crippen LogP contribution < -0.4 is 10.6 Å². The first-order valence-electron chi connectivity index (χ1n) is 5.67. The monoisotopic (exact) mass is 230 g/mol. The summed E-state index contributed by atoms with van der Waals surface area (Å²) in [5.41, 5.74) is 0.815. The van der Waals surface area contributed by atoms with Gasteiger partial charge in [-0.15, -0.1) is 0 Å². The first-order chi connectivity index (χ1) is 8.29. The zero-order chi connectivity index (χ0) is 12.1. The number of nitriles is 1. The second-order valence-corrected chi connectivity index (χ2v) is 4.06. The summed E-state index contributed by atoms with van der Waals surface area (Å²) >= 11 is 0. The van der Waals surface area contributed by atoms with Crippen LogP contribution in [0.2, 0.25) is 0 Å². The van der Waals surface area contributed by atoms with Gasteiger partial charge in [-0.3, -0.25) is 4.79 Å². The molecular weight excluding hydrogens is 216 g/mol. The van der Waals surface area contributed by atoms with Crippen molar-refractivity contribution >= 4 is 5.91 Å². The van der Waals surface area contributed by atoms with Gasteiger partial charge in [-0.1, -0.05) is 0 Å². The topological polar surface area (TPSA) is 77.8 Å². The molecule has 0 aliphatic carbocycles. The second kappa shape index (κ2) is 5.41. The van der Waals surface area contributed by atoms with Crippen LogP contribution in [0.5, 0.6) is 0 Å². The maximum atomic E-state index is 11.8. The molecule has 5 nitrogen and oxygen atoms in total. The molecule has 1 amide bonds. The van der Waals surface area contributed by atoms with Crippen molar-refractivity contribution in [3.05, 3.63) is 29.6 Å². The molecule has 5 heteroatoms. The number of carbonyl (C=O) groups is 1. The SMILES string of the molecule is N#Cc1ccc(C(=O)N[C@H]2CCCNC2)nc1. The van der Waals surface area contributed by atoms with Crippen LogP contribution in [-0.2, 0) is 0 Å². The number of hydrogen-bond acceptors (Lipinski definition) is 4. The number of nitrogens with zero attached hydrogens (tertiary/aromatic N) is 2. The normalized spacial score (nSPS) is 19.4. The number of rotatable bonds is 2. The minimum Gasteiger partial charge on any atom is -0.347 e. The van der Waals surface area contributed by atoms with E-state index in [0.29, 0.717) is 11.3 Å². The molecule has 1 saturated heterocycles. The fourth-order valence-corrected chi connectivity index (χ4v) is 1.83. The van der Waals surface area contributed by atoms with Crippen LogP contribution in [0.4, 0.5) is 0 Å². The van der Waals surface area contributed by atoms with Crippen LogP contribution in [-0.4, -0.2) is 30.0 Å². The minimum absolute atomic E-state index is 0.175. The predicted molar refractivity (Wildman–Crippen MR) is 62.3 cm³/mol. The van der Waals surface area contributed by atoms with E-state index in [1.165, 1.54) is 6.20 Å². The Labute approximate surface area is 99.9 Å². The summed E-state index contributed by atoms with van der Waals surface area (Å²) in [4.78, 5) is 15.8. The fourth-order valence-electron chi connectivity index (χ4n) is 1.83. The third-order valence-electron chi connectivity index (χ3n) is 2.76. The molecule has 0 saturated carbocycles. The summed E-state index contributed by atoms with van der Waals surface area (Å²) < 4.78 is 0. The number of amides is 1. The molecular formula is C12H14N4O. The Morgan fingerprint density at radius 3 is 3.06 bits per heavy atom. The van der Waals surface area contributed by atoms with Crippen molar-refractivity contribution in [2.24, 2.45) is 0 Å². The highest BCUT2D eigenvalue weighted by Gasteiger charge is 2.16. The highest BCUT2D eigenvalue weighted by molar-refractivity contribution is 5.92. The molecule has 1 aromatic heterocycles. The molecule has 1 aromatic rings. The van der Waals surface area contributed by atoms with Crippen LogP contribution in [0.3, 0.4) is 0 Å². The van der Waals surface area contributed by atoms with Gasteiger partial charge in [0, 0.05) is 18.8 Å². The molecule has 1 aliphatic heterocycles. The lowest BCUT2D eigenvalue weighted by atomic mass is 10.1. The van der Waals surface area contributed by atoms with Crippen LogP contribution in [0.25, 0.3) is 0 Å². The van der Waals surface area contributed by atoms with E-state index in [1.807, 2.05) is 6.07 Å². The Morgan fingerprint density at radius 2 is 2.47 bits per heavy atom. The van der Waals surface area contributed by atoms with E-state index in [0.717, 1.165) is 25.9 Å². The van der Waals surface area contributed by atoms with E-state index >= 15 is 0 Å². The molecule has 1 fully saturated rings. The van der Waals surface area contributed by atoms with E-state index < -0.39 is 0 Å². The Kier molecular flexibility index (Phi) is 3.68. The van der Waals surface area contributed by atoms with Crippen molar-refractivity contribution in [3.63, 3.8) is 0 Å². The van der Waals surface area contributed by atoms with E-state index in [2.05, 4.69) is 15.6 Å². The largest absolute Gasteiger partial charge is 0.347 e. The van der Waals surface area contributed by atoms with Gasteiger partial charge in [0.05, 0.1) is 5.56 Å². The molecule has 17 heavy (non-hydrogen) atoms. The van der Waals surface area contributed by atoms with E-state index in [-0.39, 0.29) is 11.9 Å². The predicted octanol–water partition coefficient (Wildman–Crippen LogP) is 0.435. The Balaban J connectivity index is 1.96. The quantitative estimate of drug-likeness (QED) is 0.772. The maximum Gasteiger partial charge on any atom is 0.270 e. The van der Waals surface area contributed by atoms with Crippen LogP contribution in [0.1, 0.15) is 28.9 Å². The smallest absolute Gasteiger partial charge is 0.270 e. The molecule has 1 atom stereocenters. The lowest BCUT2D eigenvalue weighted by Crippen LogP contribution is -2.45. The fraction of sp³-hybridized carbons (Fsp3) is 0.417. The van der Waals surface area contributed by atoms with Gasteiger partial charge >= 0.3 is 0 Å². The summed E-state index contributed by atoms with van der Waals surface area (Å²) in [6.07, 6.45) is 3.48. The van der Waals surface area contributed by atoms with Crippen molar-refractivity contribution in [1.82, 2.24) is 15.6 Å². The van der Waals surface area contributed by atoms with Crippen LogP contribution in [0.15, 0.2) is 18.3 Å². The molecule has 0 unspecified atom stereocenters. The van der Waals surface area contributed by atoms with Crippen molar-refractivity contribution in [2.75, 3.05) is 13.1 Å². The molecule has 0 radical (unpaired) electrons. The van der Waals surface area contributed by atoms with Crippen LogP contribution in [0, 0.1) is 11.3 Å². The van der Waals surface area contributed by atoms with Crippen molar-refractivity contribution < 1.29 is 4.79 Å². The number of nitrogens with one attached hydrogen (secondary N) is 2. The zero-order valence-electron chi connectivity index (χ0n) is 9.44. The summed E-state index contributed by atoms with van der Waals surface area (Å²) in [5.74, 6) is -0.178. The van der Waals surface area contributed by atoms with E-state index in [9.17, 15) is 4.79 Å². The third kappa shape index (κ3) is 3.02. The second-order valence-electron chi connectivity index (χ2n) is 4.06. The van der Waals surface area contributed by atoms with Gasteiger partial charge in [-0.25, -0.2) is 4.98 Å². The number of pyridine rings is 1. The molecule has 0 spiro atoms. The molecule has 0 bridgehead atoms. The Hall–Kier alpha value is -1.93. The van der Waals surface area contributed by atoms with Crippen molar-refractivity contribution in [2.45, 2.75) is 18.9 Å². The number of piperidine rings is 1. The standard InChI is InChI=1S/C12H14N4O/c13-6-9-3-4-11(15-7-9)12(17)16-10-2-1-5-14-8-10/h3-4,7,10,14H,1-2,5,8H2,(H,16,17)/t10-/m0/s1. The van der Waals surface area contributed by atoms with Gasteiger partial charge in [-0.05, 0) is 31.5 Å². The molecule has 2 N–H and O–H groups in total. The van der Waals surface area contributed by atoms with Gasteiger partial charge in [0.2, 0.25) is 0 Å².